The van der Waals surface area contributed by atoms with Gasteiger partial charge in [-0.1, -0.05) is 6.08 Å². The van der Waals surface area contributed by atoms with Crippen LogP contribution in [0.15, 0.2) is 55.1 Å². The maximum atomic E-state index is 12.9. The molecule has 23 heavy (non-hydrogen) atoms. The maximum absolute atomic E-state index is 12.9. The van der Waals surface area contributed by atoms with Crippen LogP contribution in [0.3, 0.4) is 0 Å². The van der Waals surface area contributed by atoms with Gasteiger partial charge >= 0.3 is 0 Å². The molecule has 1 N–H and O–H groups in total. The van der Waals surface area contributed by atoms with Crippen molar-refractivity contribution in [3.8, 4) is 11.5 Å². The smallest absolute Gasteiger partial charge is 0.185 e. The Labute approximate surface area is 134 Å². The number of phenols is 1. The molecule has 0 bridgehead atoms. The van der Waals surface area contributed by atoms with E-state index in [1.807, 2.05) is 0 Å². The second kappa shape index (κ2) is 7.40. The Bertz CT molecular complexity index is 746. The van der Waals surface area contributed by atoms with Crippen molar-refractivity contribution in [1.82, 2.24) is 0 Å². The highest BCUT2D eigenvalue weighted by Gasteiger charge is 2.09. The number of hydrogen-bond donors (Lipinski definition) is 1. The minimum atomic E-state index is -0.398. The lowest BCUT2D eigenvalue weighted by Crippen LogP contribution is -1.94. The molecule has 0 aliphatic rings. The number of ketones is 1. The quantitative estimate of drug-likeness (QED) is 0.495. The van der Waals surface area contributed by atoms with Crippen LogP contribution >= 0.6 is 0 Å². The Balaban J connectivity index is 2.30. The first-order chi connectivity index (χ1) is 11.0. The maximum Gasteiger partial charge on any atom is 0.185 e. The Morgan fingerprint density at radius 1 is 1.30 bits per heavy atom. The van der Waals surface area contributed by atoms with E-state index in [1.54, 1.807) is 18.2 Å². The number of ether oxygens (including phenoxy) is 1. The average Bonchev–Trinajstić information content (AvgIpc) is 2.55. The molecule has 0 heterocycles. The predicted octanol–water partition coefficient (Wildman–Crippen LogP) is 4.16. The van der Waals surface area contributed by atoms with Crippen molar-refractivity contribution in [2.75, 3.05) is 7.11 Å². The van der Waals surface area contributed by atoms with Gasteiger partial charge in [-0.2, -0.15) is 0 Å². The summed E-state index contributed by atoms with van der Waals surface area (Å²) >= 11 is 0. The molecule has 0 atom stereocenters. The summed E-state index contributed by atoms with van der Waals surface area (Å²) in [4.78, 5) is 12.1. The first kappa shape index (κ1) is 16.5. The monoisotopic (exact) mass is 312 g/mol. The van der Waals surface area contributed by atoms with Crippen molar-refractivity contribution < 1.29 is 19.0 Å². The van der Waals surface area contributed by atoms with Gasteiger partial charge in [-0.15, -0.1) is 6.58 Å². The highest BCUT2D eigenvalue weighted by molar-refractivity contribution is 6.06. The molecule has 0 aromatic heterocycles. The fourth-order valence-corrected chi connectivity index (χ4v) is 2.13. The summed E-state index contributed by atoms with van der Waals surface area (Å²) in [6, 6.07) is 8.76. The number of phenolic OH excluding ortho intramolecular Hbond substituents is 1. The number of hydrogen-bond acceptors (Lipinski definition) is 3. The fraction of sp³-hybridized carbons (Fsp3) is 0.105. The molecule has 0 fully saturated rings. The van der Waals surface area contributed by atoms with Gasteiger partial charge in [-0.25, -0.2) is 4.39 Å². The number of rotatable bonds is 6. The topological polar surface area (TPSA) is 46.5 Å². The molecule has 0 saturated carbocycles. The van der Waals surface area contributed by atoms with Crippen molar-refractivity contribution >= 4 is 11.9 Å². The number of allylic oxidation sites excluding steroid dienone is 2. The van der Waals surface area contributed by atoms with Gasteiger partial charge in [0.1, 0.15) is 5.82 Å². The van der Waals surface area contributed by atoms with E-state index in [2.05, 4.69) is 6.58 Å². The summed E-state index contributed by atoms with van der Waals surface area (Å²) in [6.07, 6.45) is 5.20. The van der Waals surface area contributed by atoms with Crippen LogP contribution in [-0.4, -0.2) is 18.0 Å². The molecule has 0 aliphatic carbocycles. The summed E-state index contributed by atoms with van der Waals surface area (Å²) in [5, 5.41) is 10.1. The van der Waals surface area contributed by atoms with E-state index in [4.69, 9.17) is 4.74 Å². The number of carbonyl (C=O) groups is 1. The summed E-state index contributed by atoms with van der Waals surface area (Å²) in [6.45, 7) is 3.68. The zero-order valence-electron chi connectivity index (χ0n) is 12.8. The first-order valence-corrected chi connectivity index (χ1v) is 7.04. The molecular weight excluding hydrogens is 295 g/mol. The summed E-state index contributed by atoms with van der Waals surface area (Å²) in [5.41, 5.74) is 1.75. The normalized spacial score (nSPS) is 10.7. The number of benzene rings is 2. The number of halogens is 1. The van der Waals surface area contributed by atoms with Crippen molar-refractivity contribution in [2.45, 2.75) is 6.42 Å². The molecule has 4 heteroatoms. The second-order valence-electron chi connectivity index (χ2n) is 4.93. The van der Waals surface area contributed by atoms with E-state index in [9.17, 15) is 14.3 Å². The van der Waals surface area contributed by atoms with Crippen molar-refractivity contribution in [2.24, 2.45) is 0 Å². The van der Waals surface area contributed by atoms with Crippen LogP contribution in [0.4, 0.5) is 4.39 Å². The van der Waals surface area contributed by atoms with Gasteiger partial charge in [-0.05, 0) is 60.5 Å². The first-order valence-electron chi connectivity index (χ1n) is 7.04. The molecular formula is C19H17FO3. The van der Waals surface area contributed by atoms with Crippen molar-refractivity contribution in [3.05, 3.63) is 77.6 Å². The molecule has 0 spiro atoms. The van der Waals surface area contributed by atoms with Crippen LogP contribution in [0.1, 0.15) is 21.5 Å². The standard InChI is InChI=1S/C19H17FO3/c1-3-4-13-11-15(19(22)18(12-13)23-2)7-10-17(21)14-5-8-16(20)9-6-14/h3,5-12,22H,1,4H2,2H3/b10-7+. The molecule has 3 nitrogen and oxygen atoms in total. The molecule has 2 aromatic carbocycles. The van der Waals surface area contributed by atoms with Crippen LogP contribution in [0.2, 0.25) is 0 Å². The van der Waals surface area contributed by atoms with Gasteiger partial charge in [0.15, 0.2) is 17.3 Å². The third kappa shape index (κ3) is 4.07. The third-order valence-electron chi connectivity index (χ3n) is 3.31. The Morgan fingerprint density at radius 3 is 2.61 bits per heavy atom. The molecule has 2 aromatic rings. The Hall–Kier alpha value is -2.88. The van der Waals surface area contributed by atoms with Crippen molar-refractivity contribution in [3.63, 3.8) is 0 Å². The van der Waals surface area contributed by atoms with Gasteiger partial charge in [0.05, 0.1) is 7.11 Å². The van der Waals surface area contributed by atoms with E-state index in [0.717, 1.165) is 5.56 Å². The molecule has 0 amide bonds. The summed E-state index contributed by atoms with van der Waals surface area (Å²) < 4.78 is 18.0. The van der Waals surface area contributed by atoms with E-state index in [0.29, 0.717) is 23.3 Å². The zero-order chi connectivity index (χ0) is 16.8. The highest BCUT2D eigenvalue weighted by atomic mass is 19.1. The highest BCUT2D eigenvalue weighted by Crippen LogP contribution is 2.32. The van der Waals surface area contributed by atoms with Crippen molar-refractivity contribution in [1.29, 1.82) is 0 Å². The van der Waals surface area contributed by atoms with Crippen LogP contribution in [-0.2, 0) is 6.42 Å². The van der Waals surface area contributed by atoms with Gasteiger partial charge in [0, 0.05) is 11.1 Å². The van der Waals surface area contributed by atoms with Crippen LogP contribution in [0, 0.1) is 5.82 Å². The largest absolute Gasteiger partial charge is 0.504 e. The fourth-order valence-electron chi connectivity index (χ4n) is 2.13. The van der Waals surface area contributed by atoms with E-state index < -0.39 is 5.82 Å². The minimum absolute atomic E-state index is 0.0385. The predicted molar refractivity (Wildman–Crippen MR) is 88.3 cm³/mol. The van der Waals surface area contributed by atoms with Crippen LogP contribution in [0.25, 0.3) is 6.08 Å². The third-order valence-corrected chi connectivity index (χ3v) is 3.31. The molecule has 2 rings (SSSR count). The second-order valence-corrected chi connectivity index (χ2v) is 4.93. The average molecular weight is 312 g/mol. The van der Waals surface area contributed by atoms with E-state index in [1.165, 1.54) is 43.5 Å². The Kier molecular flexibility index (Phi) is 5.31. The molecule has 0 unspecified atom stereocenters. The SMILES string of the molecule is C=CCc1cc(/C=C/C(=O)c2ccc(F)cc2)c(O)c(OC)c1. The van der Waals surface area contributed by atoms with Crippen LogP contribution in [0.5, 0.6) is 11.5 Å². The molecule has 0 saturated heterocycles. The van der Waals surface area contributed by atoms with Gasteiger partial charge in [-0.3, -0.25) is 4.79 Å². The Morgan fingerprint density at radius 2 is 2.00 bits per heavy atom. The minimum Gasteiger partial charge on any atom is -0.504 e. The summed E-state index contributed by atoms with van der Waals surface area (Å²) in [5.74, 6) is -0.385. The van der Waals surface area contributed by atoms with Gasteiger partial charge in [0.25, 0.3) is 0 Å². The lowest BCUT2D eigenvalue weighted by molar-refractivity contribution is 0.104. The van der Waals surface area contributed by atoms with Gasteiger partial charge in [0.2, 0.25) is 0 Å². The lowest BCUT2D eigenvalue weighted by atomic mass is 10.0. The van der Waals surface area contributed by atoms with E-state index in [-0.39, 0.29) is 11.5 Å². The molecule has 0 radical (unpaired) electrons. The number of methoxy groups -OCH3 is 1. The van der Waals surface area contributed by atoms with Gasteiger partial charge < -0.3 is 9.84 Å². The zero-order valence-corrected chi connectivity index (χ0v) is 12.8. The summed E-state index contributed by atoms with van der Waals surface area (Å²) in [7, 11) is 1.46. The number of aromatic hydroxyl groups is 1. The number of carbonyl (C=O) groups excluding carboxylic acids is 1. The van der Waals surface area contributed by atoms with E-state index >= 15 is 0 Å². The molecule has 0 aliphatic heterocycles. The molecule has 118 valence electrons. The van der Waals surface area contributed by atoms with Crippen LogP contribution < -0.4 is 4.74 Å². The lowest BCUT2D eigenvalue weighted by Gasteiger charge is -2.09.